The number of nitrogens with zero attached hydrogens (tertiary/aromatic N) is 1. The van der Waals surface area contributed by atoms with E-state index >= 15 is 0 Å². The maximum absolute atomic E-state index is 9.76. The molecule has 2 nitrogen and oxygen atoms in total. The quantitative estimate of drug-likeness (QED) is 0.170. The third-order valence-electron chi connectivity index (χ3n) is 10.9. The number of anilines is 3. The van der Waals surface area contributed by atoms with E-state index in [2.05, 4.69) is 72.8 Å². The van der Waals surface area contributed by atoms with Gasteiger partial charge in [0.05, 0.1) is 11.2 Å². The standard InChI is InChI=1S/C54H35NO/c1-2-14-40-34-41(25-24-36(40)12-1)37-26-30-43(31-27-37)55(44-32-28-39(29-33-44)46-21-11-16-38-13-3-5-17-45(38)46)51-22-9-7-19-48(51)50-35-42-15-4-6-18-47(42)54-53(50)49-20-8-10-23-52(49)56-54/h1-35H/i28D,29D,32D,33D. The Morgan fingerprint density at radius 3 is 1.84 bits per heavy atom. The summed E-state index contributed by atoms with van der Waals surface area (Å²) in [6.07, 6.45) is 0. The van der Waals surface area contributed by atoms with Gasteiger partial charge in [-0.25, -0.2) is 0 Å². The molecule has 11 aromatic rings. The van der Waals surface area contributed by atoms with Crippen LogP contribution in [-0.4, -0.2) is 0 Å². The predicted octanol–water partition coefficient (Wildman–Crippen LogP) is 15.5. The number of fused-ring (bicyclic) bond motifs is 7. The van der Waals surface area contributed by atoms with Crippen LogP contribution >= 0.6 is 0 Å². The molecule has 0 aliphatic heterocycles. The van der Waals surface area contributed by atoms with Crippen LogP contribution in [0.15, 0.2) is 217 Å². The fourth-order valence-corrected chi connectivity index (χ4v) is 8.22. The number of rotatable bonds is 6. The average molecular weight is 718 g/mol. The molecule has 0 bridgehead atoms. The average Bonchev–Trinajstić information content (AvgIpc) is 3.70. The third kappa shape index (κ3) is 5.34. The van der Waals surface area contributed by atoms with Gasteiger partial charge >= 0.3 is 0 Å². The van der Waals surface area contributed by atoms with E-state index in [1.54, 1.807) is 0 Å². The Hall–Kier alpha value is -7.42. The van der Waals surface area contributed by atoms with E-state index < -0.39 is 0 Å². The summed E-state index contributed by atoms with van der Waals surface area (Å²) in [5, 5.41) is 8.13. The summed E-state index contributed by atoms with van der Waals surface area (Å²) in [7, 11) is 0. The molecular formula is C54H35NO. The van der Waals surface area contributed by atoms with E-state index in [-0.39, 0.29) is 35.4 Å². The van der Waals surface area contributed by atoms with Gasteiger partial charge in [-0.15, -0.1) is 0 Å². The molecule has 0 aliphatic carbocycles. The molecule has 10 aromatic carbocycles. The van der Waals surface area contributed by atoms with Crippen LogP contribution in [0.3, 0.4) is 0 Å². The van der Waals surface area contributed by atoms with E-state index in [4.69, 9.17) is 4.42 Å². The van der Waals surface area contributed by atoms with Gasteiger partial charge in [0.1, 0.15) is 11.2 Å². The first kappa shape index (κ1) is 28.1. The molecule has 0 fully saturated rings. The van der Waals surface area contributed by atoms with Crippen LogP contribution in [0.5, 0.6) is 0 Å². The maximum Gasteiger partial charge on any atom is 0.143 e. The molecule has 0 spiro atoms. The monoisotopic (exact) mass is 717 g/mol. The fourth-order valence-electron chi connectivity index (χ4n) is 8.22. The highest BCUT2D eigenvalue weighted by molar-refractivity contribution is 6.22. The molecule has 0 unspecified atom stereocenters. The molecule has 1 heterocycles. The van der Waals surface area contributed by atoms with Crippen LogP contribution in [0.25, 0.3) is 87.6 Å². The lowest BCUT2D eigenvalue weighted by atomic mass is 9.93. The zero-order valence-electron chi connectivity index (χ0n) is 34.3. The first-order valence-electron chi connectivity index (χ1n) is 20.8. The highest BCUT2D eigenvalue weighted by Gasteiger charge is 2.22. The summed E-state index contributed by atoms with van der Waals surface area (Å²) < 4.78 is 45.3. The third-order valence-corrected chi connectivity index (χ3v) is 10.9. The molecule has 2 heteroatoms. The SMILES string of the molecule is [2H]c1c([2H])c(N(c2ccc(-c3ccc4ccccc4c3)cc2)c2ccccc2-c2cc3ccccc3c3oc4ccccc4c23)c([2H])c([2H])c1-c1cccc2ccccc12. The summed E-state index contributed by atoms with van der Waals surface area (Å²) in [5.74, 6) is 0. The van der Waals surface area contributed by atoms with E-state index in [0.29, 0.717) is 16.9 Å². The predicted molar refractivity (Wildman–Crippen MR) is 237 cm³/mol. The van der Waals surface area contributed by atoms with Crippen LogP contribution in [0.2, 0.25) is 0 Å². The zero-order valence-corrected chi connectivity index (χ0v) is 30.3. The summed E-state index contributed by atoms with van der Waals surface area (Å²) in [6, 6.07) is 62.6. The van der Waals surface area contributed by atoms with Gasteiger partial charge in [-0.05, 0) is 103 Å². The number of hydrogen-bond donors (Lipinski definition) is 0. The van der Waals surface area contributed by atoms with E-state index in [1.165, 1.54) is 5.39 Å². The van der Waals surface area contributed by atoms with Crippen molar-refractivity contribution in [2.45, 2.75) is 0 Å². The van der Waals surface area contributed by atoms with Gasteiger partial charge in [0.15, 0.2) is 0 Å². The Balaban J connectivity index is 1.17. The molecule has 0 saturated carbocycles. The molecule has 0 saturated heterocycles. The second-order valence-electron chi connectivity index (χ2n) is 14.2. The van der Waals surface area contributed by atoms with E-state index in [1.807, 2.05) is 120 Å². The molecule has 56 heavy (non-hydrogen) atoms. The smallest absolute Gasteiger partial charge is 0.143 e. The number of para-hydroxylation sites is 2. The van der Waals surface area contributed by atoms with Gasteiger partial charge < -0.3 is 9.32 Å². The minimum Gasteiger partial charge on any atom is -0.455 e. The van der Waals surface area contributed by atoms with Crippen LogP contribution in [0.4, 0.5) is 17.1 Å². The fraction of sp³-hybridized carbons (Fsp3) is 0. The van der Waals surface area contributed by atoms with Gasteiger partial charge in [-0.1, -0.05) is 164 Å². The van der Waals surface area contributed by atoms with Gasteiger partial charge in [0.25, 0.3) is 0 Å². The first-order valence-corrected chi connectivity index (χ1v) is 18.8. The van der Waals surface area contributed by atoms with Crippen LogP contribution in [0, 0.1) is 0 Å². The van der Waals surface area contributed by atoms with E-state index in [0.717, 1.165) is 71.1 Å². The van der Waals surface area contributed by atoms with Crippen molar-refractivity contribution in [2.24, 2.45) is 0 Å². The van der Waals surface area contributed by atoms with Gasteiger partial charge in [0, 0.05) is 33.1 Å². The summed E-state index contributed by atoms with van der Waals surface area (Å²) in [4.78, 5) is 1.90. The Labute approximate surface area is 330 Å². The number of hydrogen-bond acceptors (Lipinski definition) is 2. The summed E-state index contributed by atoms with van der Waals surface area (Å²) >= 11 is 0. The topological polar surface area (TPSA) is 16.4 Å². The normalized spacial score (nSPS) is 12.6. The molecule has 11 rings (SSSR count). The van der Waals surface area contributed by atoms with Crippen LogP contribution in [-0.2, 0) is 0 Å². The molecule has 1 aromatic heterocycles. The van der Waals surface area contributed by atoms with Crippen molar-refractivity contribution in [2.75, 3.05) is 4.90 Å². The second kappa shape index (κ2) is 13.2. The largest absolute Gasteiger partial charge is 0.455 e. The van der Waals surface area contributed by atoms with Crippen molar-refractivity contribution in [3.8, 4) is 33.4 Å². The molecule has 262 valence electrons. The Bertz CT molecular complexity index is 3460. The Kier molecular flexibility index (Phi) is 6.60. The van der Waals surface area contributed by atoms with Gasteiger partial charge in [-0.2, -0.15) is 0 Å². The highest BCUT2D eigenvalue weighted by Crippen LogP contribution is 2.47. The Morgan fingerprint density at radius 1 is 0.375 bits per heavy atom. The molecule has 0 aliphatic rings. The van der Waals surface area contributed by atoms with Crippen molar-refractivity contribution in [3.63, 3.8) is 0 Å². The minimum absolute atomic E-state index is 0.105. The van der Waals surface area contributed by atoms with E-state index in [9.17, 15) is 5.48 Å². The zero-order chi connectivity index (χ0) is 40.5. The molecule has 0 N–H and O–H groups in total. The number of furan rings is 1. The Morgan fingerprint density at radius 2 is 1.00 bits per heavy atom. The summed E-state index contributed by atoms with van der Waals surface area (Å²) in [5.41, 5.74) is 7.94. The first-order chi connectivity index (χ1) is 29.4. The van der Waals surface area contributed by atoms with Gasteiger partial charge in [-0.3, -0.25) is 0 Å². The molecule has 0 atom stereocenters. The van der Waals surface area contributed by atoms with Crippen molar-refractivity contribution >= 4 is 71.3 Å². The lowest BCUT2D eigenvalue weighted by Gasteiger charge is -2.28. The second-order valence-corrected chi connectivity index (χ2v) is 14.2. The summed E-state index contributed by atoms with van der Waals surface area (Å²) in [6.45, 7) is 0. The lowest BCUT2D eigenvalue weighted by molar-refractivity contribution is 0.673. The maximum atomic E-state index is 9.76. The molecule has 0 radical (unpaired) electrons. The van der Waals surface area contributed by atoms with Crippen molar-refractivity contribution < 1.29 is 9.90 Å². The molecule has 0 amide bonds. The van der Waals surface area contributed by atoms with Crippen LogP contribution in [0.1, 0.15) is 5.48 Å². The van der Waals surface area contributed by atoms with Crippen molar-refractivity contribution in [1.82, 2.24) is 0 Å². The van der Waals surface area contributed by atoms with Crippen LogP contribution < -0.4 is 4.90 Å². The lowest BCUT2D eigenvalue weighted by Crippen LogP contribution is -2.11. The minimum atomic E-state index is -0.134. The van der Waals surface area contributed by atoms with Crippen molar-refractivity contribution in [1.29, 1.82) is 0 Å². The molecular weight excluding hydrogens is 679 g/mol. The number of benzene rings is 10. The van der Waals surface area contributed by atoms with Gasteiger partial charge in [0.2, 0.25) is 0 Å². The van der Waals surface area contributed by atoms with Crippen molar-refractivity contribution in [3.05, 3.63) is 212 Å². The highest BCUT2D eigenvalue weighted by atomic mass is 16.3.